The molecule has 78 valence electrons. The summed E-state index contributed by atoms with van der Waals surface area (Å²) in [4.78, 5) is 8.32. The fourth-order valence-corrected chi connectivity index (χ4v) is 1.73. The molecule has 0 fully saturated rings. The van der Waals surface area contributed by atoms with E-state index in [1.165, 1.54) is 0 Å². The highest BCUT2D eigenvalue weighted by molar-refractivity contribution is 5.75. The van der Waals surface area contributed by atoms with E-state index < -0.39 is 0 Å². The normalized spacial score (nSPS) is 22.7. The maximum atomic E-state index is 5.44. The van der Waals surface area contributed by atoms with Crippen molar-refractivity contribution in [1.82, 2.24) is 10.3 Å². The second-order valence-electron chi connectivity index (χ2n) is 3.44. The minimum atomic E-state index is 0.102. The Balaban J connectivity index is 1.79. The van der Waals surface area contributed by atoms with Gasteiger partial charge in [0.2, 0.25) is 5.88 Å². The molecule has 0 saturated carbocycles. The van der Waals surface area contributed by atoms with Gasteiger partial charge in [-0.05, 0) is 12.1 Å². The molecule has 0 spiro atoms. The van der Waals surface area contributed by atoms with E-state index in [4.69, 9.17) is 9.47 Å². The van der Waals surface area contributed by atoms with Gasteiger partial charge in [-0.15, -0.1) is 0 Å². The Kier molecular flexibility index (Phi) is 1.94. The summed E-state index contributed by atoms with van der Waals surface area (Å²) in [5.74, 6) is 0.702. The molecule has 1 unspecified atom stereocenters. The summed E-state index contributed by atoms with van der Waals surface area (Å²) in [6.07, 6.45) is 1.73. The number of aliphatic imine (C=N–C) groups is 1. The first kappa shape index (κ1) is 8.52. The number of aromatic nitrogens is 1. The van der Waals surface area contributed by atoms with Gasteiger partial charge in [0.05, 0.1) is 12.6 Å². The Morgan fingerprint density at radius 1 is 1.40 bits per heavy atom. The molecule has 5 heteroatoms. The van der Waals surface area contributed by atoms with E-state index in [0.29, 0.717) is 25.1 Å². The zero-order chi connectivity index (χ0) is 10.1. The van der Waals surface area contributed by atoms with Crippen molar-refractivity contribution < 1.29 is 9.47 Å². The van der Waals surface area contributed by atoms with E-state index in [2.05, 4.69) is 15.3 Å². The molecular formula is C10H11N3O2. The van der Waals surface area contributed by atoms with Crippen molar-refractivity contribution in [3.63, 3.8) is 0 Å². The predicted molar refractivity (Wildman–Crippen MR) is 53.9 cm³/mol. The second kappa shape index (κ2) is 3.42. The number of ether oxygens (including phenoxy) is 2. The molecular weight excluding hydrogens is 194 g/mol. The van der Waals surface area contributed by atoms with Gasteiger partial charge in [-0.1, -0.05) is 0 Å². The van der Waals surface area contributed by atoms with Crippen LogP contribution in [-0.4, -0.2) is 30.8 Å². The smallest absolute Gasteiger partial charge is 0.285 e. The molecule has 1 aromatic heterocycles. The first-order chi connectivity index (χ1) is 7.43. The molecule has 3 heterocycles. The van der Waals surface area contributed by atoms with Gasteiger partial charge in [0.1, 0.15) is 13.2 Å². The monoisotopic (exact) mass is 205 g/mol. The summed E-state index contributed by atoms with van der Waals surface area (Å²) in [6, 6.07) is 4.62. The lowest BCUT2D eigenvalue weighted by Crippen LogP contribution is -2.29. The number of nitrogens with zero attached hydrogens (tertiary/aromatic N) is 2. The topological polar surface area (TPSA) is 55.7 Å². The molecule has 0 radical (unpaired) electrons. The molecule has 15 heavy (non-hydrogen) atoms. The molecule has 2 aliphatic heterocycles. The average Bonchev–Trinajstić information content (AvgIpc) is 2.89. The molecule has 0 bridgehead atoms. The maximum Gasteiger partial charge on any atom is 0.285 e. The molecule has 0 aromatic carbocycles. The van der Waals surface area contributed by atoms with E-state index >= 15 is 0 Å². The van der Waals surface area contributed by atoms with Crippen molar-refractivity contribution in [1.29, 1.82) is 0 Å². The molecule has 3 rings (SSSR count). The van der Waals surface area contributed by atoms with Crippen LogP contribution >= 0.6 is 0 Å². The van der Waals surface area contributed by atoms with E-state index in [9.17, 15) is 0 Å². The van der Waals surface area contributed by atoms with Crippen LogP contribution in [0.3, 0.4) is 0 Å². The first-order valence-corrected chi connectivity index (χ1v) is 4.95. The van der Waals surface area contributed by atoms with E-state index in [1.807, 2.05) is 12.1 Å². The average molecular weight is 205 g/mol. The minimum Gasteiger partial charge on any atom is -0.475 e. The van der Waals surface area contributed by atoms with E-state index in [0.717, 1.165) is 12.1 Å². The van der Waals surface area contributed by atoms with Gasteiger partial charge < -0.3 is 14.8 Å². The molecule has 1 N–H and O–H groups in total. The lowest BCUT2D eigenvalue weighted by atomic mass is 10.1. The largest absolute Gasteiger partial charge is 0.475 e. The van der Waals surface area contributed by atoms with Crippen LogP contribution in [0.1, 0.15) is 11.6 Å². The van der Waals surface area contributed by atoms with Crippen molar-refractivity contribution in [3.05, 3.63) is 23.9 Å². The third-order valence-electron chi connectivity index (χ3n) is 2.45. The number of rotatable bonds is 1. The van der Waals surface area contributed by atoms with Crippen LogP contribution in [0.5, 0.6) is 5.88 Å². The summed E-state index contributed by atoms with van der Waals surface area (Å²) >= 11 is 0. The lowest BCUT2D eigenvalue weighted by molar-refractivity contribution is 0.293. The third kappa shape index (κ3) is 1.49. The van der Waals surface area contributed by atoms with Crippen molar-refractivity contribution in [3.8, 4) is 5.88 Å². The third-order valence-corrected chi connectivity index (χ3v) is 2.45. The van der Waals surface area contributed by atoms with Gasteiger partial charge in [0.25, 0.3) is 6.02 Å². The Morgan fingerprint density at radius 3 is 3.27 bits per heavy atom. The number of hydrogen-bond acceptors (Lipinski definition) is 5. The zero-order valence-electron chi connectivity index (χ0n) is 8.14. The van der Waals surface area contributed by atoms with E-state index in [1.54, 1.807) is 6.20 Å². The van der Waals surface area contributed by atoms with Crippen LogP contribution in [0.25, 0.3) is 0 Å². The summed E-state index contributed by atoms with van der Waals surface area (Å²) in [6.45, 7) is 1.97. The second-order valence-corrected chi connectivity index (χ2v) is 3.44. The highest BCUT2D eigenvalue weighted by Gasteiger charge is 2.26. The summed E-state index contributed by atoms with van der Waals surface area (Å²) < 4.78 is 10.7. The highest BCUT2D eigenvalue weighted by Crippen LogP contribution is 2.29. The number of fused-ring (bicyclic) bond motifs is 1. The number of nitrogens with one attached hydrogen (secondary N) is 1. The maximum absolute atomic E-state index is 5.44. The van der Waals surface area contributed by atoms with Gasteiger partial charge in [0, 0.05) is 11.8 Å². The number of pyridine rings is 1. The van der Waals surface area contributed by atoms with Gasteiger partial charge in [-0.2, -0.15) is 0 Å². The van der Waals surface area contributed by atoms with Gasteiger partial charge in [0.15, 0.2) is 0 Å². The fourth-order valence-electron chi connectivity index (χ4n) is 1.73. The van der Waals surface area contributed by atoms with Crippen LogP contribution in [0, 0.1) is 0 Å². The van der Waals surface area contributed by atoms with Gasteiger partial charge in [-0.25, -0.2) is 9.98 Å². The van der Waals surface area contributed by atoms with Crippen LogP contribution in [0.2, 0.25) is 0 Å². The minimum absolute atomic E-state index is 0.102. The van der Waals surface area contributed by atoms with Crippen molar-refractivity contribution in [2.24, 2.45) is 4.99 Å². The van der Waals surface area contributed by atoms with Gasteiger partial charge in [-0.3, -0.25) is 0 Å². The van der Waals surface area contributed by atoms with Crippen LogP contribution in [-0.2, 0) is 4.74 Å². The Morgan fingerprint density at radius 2 is 2.40 bits per heavy atom. The quantitative estimate of drug-likeness (QED) is 0.725. The summed E-state index contributed by atoms with van der Waals surface area (Å²) in [5, 5.41) is 3.20. The highest BCUT2D eigenvalue weighted by atomic mass is 16.5. The molecule has 5 nitrogen and oxygen atoms in total. The van der Waals surface area contributed by atoms with Gasteiger partial charge >= 0.3 is 0 Å². The number of hydrogen-bond donors (Lipinski definition) is 1. The van der Waals surface area contributed by atoms with Crippen molar-refractivity contribution in [2.75, 3.05) is 19.8 Å². The predicted octanol–water partition coefficient (Wildman–Crippen LogP) is 0.491. The Labute approximate surface area is 87.1 Å². The lowest BCUT2D eigenvalue weighted by Gasteiger charge is -2.11. The molecule has 0 amide bonds. The van der Waals surface area contributed by atoms with Crippen LogP contribution < -0.4 is 10.1 Å². The van der Waals surface area contributed by atoms with Crippen LogP contribution in [0.15, 0.2) is 23.3 Å². The molecule has 1 atom stereocenters. The first-order valence-electron chi connectivity index (χ1n) is 4.95. The standard InChI is InChI=1S/C10H11N3O2/c1-2-7-8(6-15-9(7)11-3-1)13-10-12-4-5-14-10/h1-3,8H,4-6H2,(H,12,13). The Bertz CT molecular complexity index is 405. The fraction of sp³-hybridized carbons (Fsp3) is 0.400. The molecule has 0 aliphatic carbocycles. The van der Waals surface area contributed by atoms with Crippen molar-refractivity contribution in [2.45, 2.75) is 6.04 Å². The molecule has 2 aliphatic rings. The van der Waals surface area contributed by atoms with Crippen LogP contribution in [0.4, 0.5) is 0 Å². The van der Waals surface area contributed by atoms with Crippen molar-refractivity contribution >= 4 is 6.02 Å². The summed E-state index contributed by atoms with van der Waals surface area (Å²) in [7, 11) is 0. The number of amidine groups is 1. The molecule has 1 aromatic rings. The van der Waals surface area contributed by atoms with E-state index in [-0.39, 0.29) is 6.04 Å². The molecule has 0 saturated heterocycles. The summed E-state index contributed by atoms with van der Waals surface area (Å²) in [5.41, 5.74) is 1.07. The SMILES string of the molecule is c1cnc2c(c1)C(NC1=NCCO1)CO2. The zero-order valence-corrected chi connectivity index (χ0v) is 8.14. The Hall–Kier alpha value is -1.78.